The summed E-state index contributed by atoms with van der Waals surface area (Å²) < 4.78 is 0. The molecule has 2 aromatic rings. The number of fused-ring (bicyclic) bond motifs is 1. The molecule has 0 aliphatic heterocycles. The van der Waals surface area contributed by atoms with Gasteiger partial charge in [-0.15, -0.1) is 0 Å². The third kappa shape index (κ3) is 3.33. The highest BCUT2D eigenvalue weighted by Gasteiger charge is 2.18. The Hall–Kier alpha value is -1.67. The van der Waals surface area contributed by atoms with Crippen LogP contribution in [-0.2, 0) is 19.4 Å². The molecule has 1 heterocycles. The summed E-state index contributed by atoms with van der Waals surface area (Å²) >= 11 is 0. The normalized spacial score (nSPS) is 18.0. The minimum absolute atomic E-state index is 0.468. The Morgan fingerprint density at radius 1 is 1.14 bits per heavy atom. The quantitative estimate of drug-likeness (QED) is 0.849. The van der Waals surface area contributed by atoms with E-state index in [1.54, 1.807) is 0 Å². The molecule has 110 valence electrons. The molecule has 2 heteroatoms. The molecule has 0 saturated heterocycles. The van der Waals surface area contributed by atoms with Gasteiger partial charge in [0.25, 0.3) is 0 Å². The fourth-order valence-electron chi connectivity index (χ4n) is 3.31. The molecule has 2 nitrogen and oxygen atoms in total. The largest absolute Gasteiger partial charge is 0.304 e. The highest BCUT2D eigenvalue weighted by Crippen LogP contribution is 2.28. The van der Waals surface area contributed by atoms with E-state index < -0.39 is 0 Å². The van der Waals surface area contributed by atoms with Gasteiger partial charge in [-0.2, -0.15) is 0 Å². The van der Waals surface area contributed by atoms with E-state index in [0.29, 0.717) is 6.04 Å². The molecular weight excluding hydrogens is 256 g/mol. The van der Waals surface area contributed by atoms with E-state index in [0.717, 1.165) is 13.0 Å². The molecule has 1 atom stereocenters. The molecule has 3 rings (SSSR count). The van der Waals surface area contributed by atoms with E-state index in [1.165, 1.54) is 48.1 Å². The highest BCUT2D eigenvalue weighted by molar-refractivity contribution is 5.31. The maximum Gasteiger partial charge on any atom is 0.0573 e. The monoisotopic (exact) mass is 280 g/mol. The van der Waals surface area contributed by atoms with E-state index in [-0.39, 0.29) is 0 Å². The Labute approximate surface area is 127 Å². The van der Waals surface area contributed by atoms with Gasteiger partial charge in [-0.3, -0.25) is 4.98 Å². The number of hydrogen-bond donors (Lipinski definition) is 1. The Morgan fingerprint density at radius 2 is 2.05 bits per heavy atom. The average molecular weight is 280 g/mol. The lowest BCUT2D eigenvalue weighted by Gasteiger charge is -2.20. The SMILES string of the molecule is CCc1cccnc1CNC1CCCCc2ccccc21. The maximum atomic E-state index is 4.55. The van der Waals surface area contributed by atoms with Crippen LogP contribution in [0.3, 0.4) is 0 Å². The van der Waals surface area contributed by atoms with Crippen molar-refractivity contribution >= 4 is 0 Å². The Bertz CT molecular complexity index is 592. The zero-order chi connectivity index (χ0) is 14.5. The zero-order valence-corrected chi connectivity index (χ0v) is 12.8. The van der Waals surface area contributed by atoms with Gasteiger partial charge in [0.05, 0.1) is 5.69 Å². The van der Waals surface area contributed by atoms with Crippen LogP contribution in [0.4, 0.5) is 0 Å². The van der Waals surface area contributed by atoms with Crippen molar-refractivity contribution in [2.75, 3.05) is 0 Å². The van der Waals surface area contributed by atoms with E-state index in [9.17, 15) is 0 Å². The van der Waals surface area contributed by atoms with E-state index >= 15 is 0 Å². The van der Waals surface area contributed by atoms with Crippen molar-refractivity contribution in [2.24, 2.45) is 0 Å². The summed E-state index contributed by atoms with van der Waals surface area (Å²) in [5.74, 6) is 0. The number of hydrogen-bond acceptors (Lipinski definition) is 2. The van der Waals surface area contributed by atoms with Crippen molar-refractivity contribution in [1.82, 2.24) is 10.3 Å². The van der Waals surface area contributed by atoms with Gasteiger partial charge in [-0.05, 0) is 48.4 Å². The summed E-state index contributed by atoms with van der Waals surface area (Å²) in [6, 6.07) is 13.6. The second-order valence-electron chi connectivity index (χ2n) is 5.84. The van der Waals surface area contributed by atoms with Gasteiger partial charge in [0.2, 0.25) is 0 Å². The first-order valence-corrected chi connectivity index (χ1v) is 8.12. The summed E-state index contributed by atoms with van der Waals surface area (Å²) in [6.07, 6.45) is 8.00. The van der Waals surface area contributed by atoms with Crippen molar-refractivity contribution < 1.29 is 0 Å². The predicted molar refractivity (Wildman–Crippen MR) is 87.2 cm³/mol. The van der Waals surface area contributed by atoms with Crippen LogP contribution in [0.1, 0.15) is 54.6 Å². The zero-order valence-electron chi connectivity index (χ0n) is 12.8. The summed E-state index contributed by atoms with van der Waals surface area (Å²) in [5.41, 5.74) is 5.56. The highest BCUT2D eigenvalue weighted by atomic mass is 14.9. The van der Waals surface area contributed by atoms with Gasteiger partial charge >= 0.3 is 0 Å². The van der Waals surface area contributed by atoms with Crippen LogP contribution in [0, 0.1) is 0 Å². The Kier molecular flexibility index (Phi) is 4.66. The Balaban J connectivity index is 1.76. The first-order valence-electron chi connectivity index (χ1n) is 8.12. The van der Waals surface area contributed by atoms with Crippen LogP contribution in [0.5, 0.6) is 0 Å². The third-order valence-corrected chi connectivity index (χ3v) is 4.50. The van der Waals surface area contributed by atoms with Crippen LogP contribution in [0.25, 0.3) is 0 Å². The number of nitrogens with one attached hydrogen (secondary N) is 1. The minimum Gasteiger partial charge on any atom is -0.304 e. The van der Waals surface area contributed by atoms with Crippen molar-refractivity contribution in [1.29, 1.82) is 0 Å². The second-order valence-corrected chi connectivity index (χ2v) is 5.84. The van der Waals surface area contributed by atoms with E-state index in [2.05, 4.69) is 47.6 Å². The van der Waals surface area contributed by atoms with Crippen LogP contribution in [0.15, 0.2) is 42.6 Å². The number of benzene rings is 1. The number of pyridine rings is 1. The smallest absolute Gasteiger partial charge is 0.0573 e. The molecule has 1 aliphatic rings. The summed E-state index contributed by atoms with van der Waals surface area (Å²) in [6.45, 7) is 3.06. The van der Waals surface area contributed by atoms with Gasteiger partial charge in [0.1, 0.15) is 0 Å². The molecule has 1 N–H and O–H groups in total. The third-order valence-electron chi connectivity index (χ3n) is 4.50. The second kappa shape index (κ2) is 6.86. The molecule has 0 bridgehead atoms. The summed E-state index contributed by atoms with van der Waals surface area (Å²) in [4.78, 5) is 4.55. The first kappa shape index (κ1) is 14.3. The molecule has 21 heavy (non-hydrogen) atoms. The van der Waals surface area contributed by atoms with Crippen molar-refractivity contribution in [3.63, 3.8) is 0 Å². The van der Waals surface area contributed by atoms with Gasteiger partial charge in [0.15, 0.2) is 0 Å². The molecule has 1 aromatic heterocycles. The lowest BCUT2D eigenvalue weighted by molar-refractivity contribution is 0.484. The first-order chi connectivity index (χ1) is 10.4. The summed E-state index contributed by atoms with van der Waals surface area (Å²) in [7, 11) is 0. The molecule has 0 fully saturated rings. The van der Waals surface area contributed by atoms with Crippen LogP contribution in [0.2, 0.25) is 0 Å². The van der Waals surface area contributed by atoms with Crippen molar-refractivity contribution in [3.05, 3.63) is 65.0 Å². The molecule has 0 radical (unpaired) electrons. The Morgan fingerprint density at radius 3 is 2.95 bits per heavy atom. The minimum atomic E-state index is 0.468. The predicted octanol–water partition coefficient (Wildman–Crippen LogP) is 4.20. The lowest BCUT2D eigenvalue weighted by Crippen LogP contribution is -2.22. The van der Waals surface area contributed by atoms with Crippen LogP contribution < -0.4 is 5.32 Å². The molecule has 1 aromatic carbocycles. The standard InChI is InChI=1S/C19H24N2/c1-2-15-10-7-13-20-19(15)14-21-18-12-6-4-9-16-8-3-5-11-17(16)18/h3,5,7-8,10-11,13,18,21H,2,4,6,9,12,14H2,1H3. The number of aryl methyl sites for hydroxylation is 2. The average Bonchev–Trinajstić information content (AvgIpc) is 2.75. The van der Waals surface area contributed by atoms with Gasteiger partial charge in [-0.25, -0.2) is 0 Å². The van der Waals surface area contributed by atoms with Gasteiger partial charge < -0.3 is 5.32 Å². The summed E-state index contributed by atoms with van der Waals surface area (Å²) in [5, 5.41) is 3.75. The lowest BCUT2D eigenvalue weighted by atomic mass is 9.99. The molecule has 0 amide bonds. The fraction of sp³-hybridized carbons (Fsp3) is 0.421. The molecular formula is C19H24N2. The van der Waals surface area contributed by atoms with Gasteiger partial charge in [0, 0.05) is 18.8 Å². The maximum absolute atomic E-state index is 4.55. The number of aromatic nitrogens is 1. The van der Waals surface area contributed by atoms with Crippen molar-refractivity contribution in [3.8, 4) is 0 Å². The van der Waals surface area contributed by atoms with E-state index in [1.807, 2.05) is 12.3 Å². The van der Waals surface area contributed by atoms with Crippen LogP contribution in [-0.4, -0.2) is 4.98 Å². The topological polar surface area (TPSA) is 24.9 Å². The molecule has 0 spiro atoms. The molecule has 1 unspecified atom stereocenters. The number of rotatable bonds is 4. The van der Waals surface area contributed by atoms with Crippen LogP contribution >= 0.6 is 0 Å². The van der Waals surface area contributed by atoms with E-state index in [4.69, 9.17) is 0 Å². The molecule has 1 aliphatic carbocycles. The van der Waals surface area contributed by atoms with Crippen molar-refractivity contribution in [2.45, 2.75) is 51.6 Å². The fourth-order valence-corrected chi connectivity index (χ4v) is 3.31. The van der Waals surface area contributed by atoms with Gasteiger partial charge in [-0.1, -0.05) is 43.7 Å². The molecule has 0 saturated carbocycles. The number of nitrogens with zero attached hydrogens (tertiary/aromatic N) is 1.